The second-order valence-corrected chi connectivity index (χ2v) is 9.73. The first-order valence-corrected chi connectivity index (χ1v) is 12.8. The van der Waals surface area contributed by atoms with E-state index in [1.165, 1.54) is 32.4 Å². The van der Waals surface area contributed by atoms with Crippen molar-refractivity contribution >= 4 is 34.1 Å². The minimum atomic E-state index is 0.320. The van der Waals surface area contributed by atoms with Gasteiger partial charge in [-0.1, -0.05) is 72.2 Å². The Morgan fingerprint density at radius 3 is 2.61 bits per heavy atom. The molecule has 0 unspecified atom stereocenters. The summed E-state index contributed by atoms with van der Waals surface area (Å²) < 4.78 is 8.30. The Morgan fingerprint density at radius 1 is 0.909 bits per heavy atom. The van der Waals surface area contributed by atoms with Gasteiger partial charge in [-0.15, -0.1) is 10.2 Å². The zero-order valence-electron chi connectivity index (χ0n) is 18.5. The first-order valence-electron chi connectivity index (χ1n) is 11.4. The normalized spacial score (nSPS) is 14.6. The van der Waals surface area contributed by atoms with Gasteiger partial charge in [-0.25, -0.2) is 0 Å². The molecule has 4 aromatic rings. The summed E-state index contributed by atoms with van der Waals surface area (Å²) >= 11 is 8.05. The van der Waals surface area contributed by atoms with E-state index in [9.17, 15) is 0 Å². The maximum atomic E-state index is 6.31. The van der Waals surface area contributed by atoms with E-state index in [-0.39, 0.29) is 0 Å². The number of nitrogens with zero attached hydrogens (tertiary/aromatic N) is 4. The molecule has 7 heteroatoms. The minimum Gasteiger partial charge on any atom is -0.485 e. The van der Waals surface area contributed by atoms with Crippen molar-refractivity contribution in [2.45, 2.75) is 31.0 Å². The van der Waals surface area contributed by atoms with E-state index < -0.39 is 0 Å². The lowest BCUT2D eigenvalue weighted by molar-refractivity contribution is 0.242. The van der Waals surface area contributed by atoms with Crippen LogP contribution in [0.15, 0.2) is 71.9 Å². The maximum absolute atomic E-state index is 6.31. The van der Waals surface area contributed by atoms with Gasteiger partial charge < -0.3 is 9.64 Å². The lowest BCUT2D eigenvalue weighted by Crippen LogP contribution is -2.31. The maximum Gasteiger partial charge on any atom is 0.195 e. The summed E-state index contributed by atoms with van der Waals surface area (Å²) in [7, 11) is 0. The van der Waals surface area contributed by atoms with E-state index in [2.05, 4.69) is 37.9 Å². The first kappa shape index (κ1) is 22.3. The Hall–Kier alpha value is -2.54. The zero-order valence-corrected chi connectivity index (χ0v) is 20.1. The van der Waals surface area contributed by atoms with Crippen molar-refractivity contribution in [3.8, 4) is 11.4 Å². The fraction of sp³-hybridized carbons (Fsp3) is 0.308. The van der Waals surface area contributed by atoms with E-state index in [0.717, 1.165) is 45.5 Å². The topological polar surface area (TPSA) is 43.2 Å². The Labute approximate surface area is 203 Å². The van der Waals surface area contributed by atoms with Gasteiger partial charge in [0.05, 0.1) is 5.69 Å². The molecule has 5 rings (SSSR count). The van der Waals surface area contributed by atoms with Crippen LogP contribution in [0, 0.1) is 0 Å². The summed E-state index contributed by atoms with van der Waals surface area (Å²) in [5.41, 5.74) is 0.949. The van der Waals surface area contributed by atoms with Crippen LogP contribution in [0.3, 0.4) is 0 Å². The number of benzene rings is 3. The average Bonchev–Trinajstić information content (AvgIpc) is 3.26. The molecule has 33 heavy (non-hydrogen) atoms. The van der Waals surface area contributed by atoms with Gasteiger partial charge in [-0.3, -0.25) is 4.57 Å². The summed E-state index contributed by atoms with van der Waals surface area (Å²) in [6.45, 7) is 3.78. The van der Waals surface area contributed by atoms with Gasteiger partial charge in [0.25, 0.3) is 0 Å². The predicted molar refractivity (Wildman–Crippen MR) is 136 cm³/mol. The summed E-state index contributed by atoms with van der Waals surface area (Å²) in [6, 6.07) is 22.1. The Morgan fingerprint density at radius 2 is 1.73 bits per heavy atom. The third kappa shape index (κ3) is 5.35. The van der Waals surface area contributed by atoms with Gasteiger partial charge in [-0.05, 0) is 55.6 Å². The number of aromatic nitrogens is 3. The lowest BCUT2D eigenvalue weighted by atomic mass is 10.1. The van der Waals surface area contributed by atoms with Crippen LogP contribution in [0.1, 0.15) is 25.1 Å². The molecular weight excluding hydrogens is 452 g/mol. The molecule has 0 spiro atoms. The van der Waals surface area contributed by atoms with Crippen molar-refractivity contribution in [2.24, 2.45) is 0 Å². The SMILES string of the molecule is Clc1cccc(-n2c(COc3cccc4ccccc34)nnc2SCCN2CCCCC2)c1. The molecule has 5 nitrogen and oxygen atoms in total. The smallest absolute Gasteiger partial charge is 0.195 e. The number of hydrogen-bond acceptors (Lipinski definition) is 5. The molecule has 0 bridgehead atoms. The molecule has 0 N–H and O–H groups in total. The highest BCUT2D eigenvalue weighted by molar-refractivity contribution is 7.99. The molecule has 1 aliphatic heterocycles. The van der Waals surface area contributed by atoms with Crippen LogP contribution >= 0.6 is 23.4 Å². The van der Waals surface area contributed by atoms with Gasteiger partial charge in [-0.2, -0.15) is 0 Å². The number of thioether (sulfide) groups is 1. The van der Waals surface area contributed by atoms with Crippen molar-refractivity contribution in [2.75, 3.05) is 25.4 Å². The van der Waals surface area contributed by atoms with Gasteiger partial charge in [0, 0.05) is 22.7 Å². The molecule has 2 heterocycles. The molecule has 1 saturated heterocycles. The number of halogens is 1. The van der Waals surface area contributed by atoms with E-state index in [4.69, 9.17) is 16.3 Å². The van der Waals surface area contributed by atoms with Crippen LogP contribution in [0.4, 0.5) is 0 Å². The number of hydrogen-bond donors (Lipinski definition) is 0. The number of fused-ring (bicyclic) bond motifs is 1. The molecule has 1 aliphatic rings. The largest absolute Gasteiger partial charge is 0.485 e. The van der Waals surface area contributed by atoms with Gasteiger partial charge >= 0.3 is 0 Å². The zero-order chi connectivity index (χ0) is 22.5. The molecule has 170 valence electrons. The van der Waals surface area contributed by atoms with E-state index in [0.29, 0.717) is 11.6 Å². The highest BCUT2D eigenvalue weighted by atomic mass is 35.5. The summed E-state index contributed by atoms with van der Waals surface area (Å²) in [4.78, 5) is 2.54. The predicted octanol–water partition coefficient (Wildman–Crippen LogP) is 6.23. The summed E-state index contributed by atoms with van der Waals surface area (Å²) in [6.07, 6.45) is 3.96. The van der Waals surface area contributed by atoms with Gasteiger partial charge in [0.15, 0.2) is 11.0 Å². The third-order valence-electron chi connectivity index (χ3n) is 5.96. The van der Waals surface area contributed by atoms with Gasteiger partial charge in [0.1, 0.15) is 12.4 Å². The second-order valence-electron chi connectivity index (χ2n) is 8.23. The van der Waals surface area contributed by atoms with Crippen molar-refractivity contribution in [3.05, 3.63) is 77.6 Å². The van der Waals surface area contributed by atoms with Crippen molar-refractivity contribution < 1.29 is 4.74 Å². The van der Waals surface area contributed by atoms with Crippen LogP contribution in [0.5, 0.6) is 5.75 Å². The molecule has 0 amide bonds. The second kappa shape index (κ2) is 10.6. The van der Waals surface area contributed by atoms with Crippen LogP contribution in [0.2, 0.25) is 5.02 Å². The van der Waals surface area contributed by atoms with Crippen LogP contribution < -0.4 is 4.74 Å². The highest BCUT2D eigenvalue weighted by Gasteiger charge is 2.17. The molecule has 0 radical (unpaired) electrons. The third-order valence-corrected chi connectivity index (χ3v) is 7.10. The fourth-order valence-corrected chi connectivity index (χ4v) is 5.43. The molecule has 1 fully saturated rings. The number of ether oxygens (including phenoxy) is 1. The summed E-state index contributed by atoms with van der Waals surface area (Å²) in [5, 5.41) is 12.8. The molecule has 1 aromatic heterocycles. The van der Waals surface area contributed by atoms with E-state index >= 15 is 0 Å². The monoisotopic (exact) mass is 478 g/mol. The van der Waals surface area contributed by atoms with E-state index in [1.807, 2.05) is 48.5 Å². The standard InChI is InChI=1S/C26H27ClN4OS/c27-21-10-7-11-22(18-21)31-25(19-32-24-13-6-9-20-8-2-3-12-23(20)24)28-29-26(31)33-17-16-30-14-4-1-5-15-30/h2-3,6-13,18H,1,4-5,14-17,19H2. The molecule has 0 atom stereocenters. The highest BCUT2D eigenvalue weighted by Crippen LogP contribution is 2.28. The molecular formula is C26H27ClN4OS. The van der Waals surface area contributed by atoms with Crippen molar-refractivity contribution in [3.63, 3.8) is 0 Å². The molecule has 3 aromatic carbocycles. The van der Waals surface area contributed by atoms with Gasteiger partial charge in [0.2, 0.25) is 0 Å². The Balaban J connectivity index is 1.37. The number of likely N-dealkylation sites (tertiary alicyclic amines) is 1. The lowest BCUT2D eigenvalue weighted by Gasteiger charge is -2.25. The fourth-order valence-electron chi connectivity index (χ4n) is 4.27. The van der Waals surface area contributed by atoms with Crippen LogP contribution in [-0.2, 0) is 6.61 Å². The molecule has 0 saturated carbocycles. The quantitative estimate of drug-likeness (QED) is 0.281. The summed E-state index contributed by atoms with van der Waals surface area (Å²) in [5.74, 6) is 2.57. The van der Waals surface area contributed by atoms with E-state index in [1.54, 1.807) is 11.8 Å². The molecule has 0 aliphatic carbocycles. The van der Waals surface area contributed by atoms with Crippen LogP contribution in [0.25, 0.3) is 16.5 Å². The number of piperidine rings is 1. The Kier molecular flexibility index (Phi) is 7.15. The van der Waals surface area contributed by atoms with Crippen LogP contribution in [-0.4, -0.2) is 45.1 Å². The Bertz CT molecular complexity index is 1220. The number of rotatable bonds is 8. The van der Waals surface area contributed by atoms with Crippen molar-refractivity contribution in [1.29, 1.82) is 0 Å². The first-order chi connectivity index (χ1) is 16.3. The average molecular weight is 479 g/mol. The minimum absolute atomic E-state index is 0.320. The van der Waals surface area contributed by atoms with Crippen molar-refractivity contribution in [1.82, 2.24) is 19.7 Å².